The molecule has 0 bridgehead atoms. The number of carbonyl (C=O) groups is 1. The summed E-state index contributed by atoms with van der Waals surface area (Å²) in [6, 6.07) is 9.96. The van der Waals surface area contributed by atoms with Crippen molar-refractivity contribution in [2.75, 3.05) is 18.4 Å². The number of aromatic amines is 1. The maximum absolute atomic E-state index is 12.1. The van der Waals surface area contributed by atoms with Crippen LogP contribution in [-0.4, -0.2) is 33.9 Å². The Hall–Kier alpha value is -2.89. The van der Waals surface area contributed by atoms with Crippen molar-refractivity contribution in [3.63, 3.8) is 0 Å². The quantitative estimate of drug-likeness (QED) is 0.515. The number of hydrogen-bond donors (Lipinski definition) is 3. The fourth-order valence-electron chi connectivity index (χ4n) is 2.91. The van der Waals surface area contributed by atoms with Gasteiger partial charge in [0.15, 0.2) is 0 Å². The van der Waals surface area contributed by atoms with Gasteiger partial charge in [0.2, 0.25) is 0 Å². The van der Waals surface area contributed by atoms with Crippen LogP contribution in [0.5, 0.6) is 0 Å². The van der Waals surface area contributed by atoms with Crippen LogP contribution in [0.25, 0.3) is 10.9 Å². The molecule has 3 aromatic rings. The molecule has 2 aromatic heterocycles. The minimum atomic E-state index is -0.150. The van der Waals surface area contributed by atoms with Gasteiger partial charge in [0, 0.05) is 36.3 Å². The van der Waals surface area contributed by atoms with Crippen LogP contribution in [0.1, 0.15) is 42.2 Å². The van der Waals surface area contributed by atoms with E-state index < -0.39 is 0 Å². The van der Waals surface area contributed by atoms with E-state index in [1.807, 2.05) is 18.3 Å². The Morgan fingerprint density at radius 2 is 2.04 bits per heavy atom. The number of unbranched alkanes of at least 4 members (excludes halogenated alkanes) is 2. The Kier molecular flexibility index (Phi) is 6.19. The number of nitrogens with zero attached hydrogens (tertiary/aromatic N) is 2. The summed E-state index contributed by atoms with van der Waals surface area (Å²) in [6.07, 6.45) is 7.57. The first-order chi connectivity index (χ1) is 12.8. The fourth-order valence-corrected chi connectivity index (χ4v) is 2.91. The van der Waals surface area contributed by atoms with Crippen LogP contribution in [0.4, 0.5) is 5.82 Å². The molecule has 136 valence electrons. The third-order valence-electron chi connectivity index (χ3n) is 4.34. The topological polar surface area (TPSA) is 82.7 Å². The second-order valence-electron chi connectivity index (χ2n) is 6.29. The molecule has 0 aliphatic heterocycles. The Morgan fingerprint density at radius 1 is 1.15 bits per heavy atom. The molecule has 0 radical (unpaired) electrons. The molecular weight excluding hydrogens is 326 g/mol. The van der Waals surface area contributed by atoms with E-state index in [-0.39, 0.29) is 5.91 Å². The van der Waals surface area contributed by atoms with Crippen molar-refractivity contribution < 1.29 is 4.79 Å². The van der Waals surface area contributed by atoms with Crippen LogP contribution in [0.2, 0.25) is 0 Å². The van der Waals surface area contributed by atoms with Gasteiger partial charge in [-0.3, -0.25) is 4.79 Å². The molecule has 2 heterocycles. The van der Waals surface area contributed by atoms with Crippen molar-refractivity contribution in [1.29, 1.82) is 0 Å². The van der Waals surface area contributed by atoms with Crippen LogP contribution in [0.15, 0.2) is 42.9 Å². The number of nitrogens with one attached hydrogen (secondary N) is 3. The number of fused-ring (bicyclic) bond motifs is 1. The molecule has 6 nitrogen and oxygen atoms in total. The lowest BCUT2D eigenvalue weighted by Gasteiger charge is -2.07. The number of aromatic nitrogens is 3. The number of H-pyrrole nitrogens is 1. The molecule has 0 aliphatic carbocycles. The van der Waals surface area contributed by atoms with Crippen molar-refractivity contribution >= 4 is 22.6 Å². The minimum absolute atomic E-state index is 0.150. The summed E-state index contributed by atoms with van der Waals surface area (Å²) < 4.78 is 0. The van der Waals surface area contributed by atoms with Crippen molar-refractivity contribution in [3.05, 3.63) is 54.1 Å². The highest BCUT2D eigenvalue weighted by Crippen LogP contribution is 2.18. The van der Waals surface area contributed by atoms with E-state index in [1.165, 1.54) is 17.3 Å². The smallest absolute Gasteiger partial charge is 0.270 e. The zero-order chi connectivity index (χ0) is 18.2. The van der Waals surface area contributed by atoms with Crippen molar-refractivity contribution in [2.24, 2.45) is 0 Å². The molecule has 1 amide bonds. The number of para-hydroxylation sites is 1. The number of hydrogen-bond acceptors (Lipinski definition) is 4. The van der Waals surface area contributed by atoms with Gasteiger partial charge in [0.25, 0.3) is 5.91 Å². The molecule has 3 rings (SSSR count). The van der Waals surface area contributed by atoms with Gasteiger partial charge < -0.3 is 15.6 Å². The van der Waals surface area contributed by atoms with Crippen LogP contribution in [-0.2, 0) is 6.42 Å². The van der Waals surface area contributed by atoms with Gasteiger partial charge in [-0.25, -0.2) is 9.97 Å². The molecule has 6 heteroatoms. The third kappa shape index (κ3) is 4.59. The summed E-state index contributed by atoms with van der Waals surface area (Å²) in [4.78, 5) is 23.7. The fraction of sp³-hybridized carbons (Fsp3) is 0.350. The standard InChI is InChI=1S/C20H25N5O/c1-2-3-6-10-22-20(26)18-12-19(25-14-24-18)21-11-9-15-13-23-17-8-5-4-7-16(15)17/h4-5,7-8,12-14,23H,2-3,6,9-11H2,1H3,(H,22,26)(H,21,24,25). The first-order valence-corrected chi connectivity index (χ1v) is 9.17. The lowest BCUT2D eigenvalue weighted by atomic mass is 10.1. The van der Waals surface area contributed by atoms with Gasteiger partial charge in [-0.05, 0) is 24.5 Å². The number of anilines is 1. The van der Waals surface area contributed by atoms with Crippen LogP contribution >= 0.6 is 0 Å². The number of rotatable bonds is 9. The van der Waals surface area contributed by atoms with Gasteiger partial charge in [0.05, 0.1) is 0 Å². The van der Waals surface area contributed by atoms with Crippen molar-refractivity contribution in [3.8, 4) is 0 Å². The van der Waals surface area contributed by atoms with E-state index in [0.717, 1.165) is 37.7 Å². The normalized spacial score (nSPS) is 10.8. The Bertz CT molecular complexity index is 858. The summed E-state index contributed by atoms with van der Waals surface area (Å²) in [7, 11) is 0. The van der Waals surface area contributed by atoms with Crippen LogP contribution < -0.4 is 10.6 Å². The second-order valence-corrected chi connectivity index (χ2v) is 6.29. The molecule has 26 heavy (non-hydrogen) atoms. The predicted octanol–water partition coefficient (Wildman–Crippen LogP) is 3.53. The molecule has 0 aliphatic rings. The molecule has 0 atom stereocenters. The maximum Gasteiger partial charge on any atom is 0.270 e. The first kappa shape index (κ1) is 17.9. The van der Waals surface area contributed by atoms with E-state index >= 15 is 0 Å². The highest BCUT2D eigenvalue weighted by molar-refractivity contribution is 5.92. The van der Waals surface area contributed by atoms with Gasteiger partial charge in [-0.1, -0.05) is 38.0 Å². The summed E-state index contributed by atoms with van der Waals surface area (Å²) in [5, 5.41) is 7.41. The number of benzene rings is 1. The third-order valence-corrected chi connectivity index (χ3v) is 4.34. The van der Waals surface area contributed by atoms with E-state index in [2.05, 4.69) is 44.6 Å². The van der Waals surface area contributed by atoms with E-state index in [9.17, 15) is 4.79 Å². The predicted molar refractivity (Wildman–Crippen MR) is 104 cm³/mol. The first-order valence-electron chi connectivity index (χ1n) is 9.17. The monoisotopic (exact) mass is 351 g/mol. The van der Waals surface area contributed by atoms with E-state index in [0.29, 0.717) is 18.1 Å². The summed E-state index contributed by atoms with van der Waals surface area (Å²) >= 11 is 0. The van der Waals surface area contributed by atoms with E-state index in [4.69, 9.17) is 0 Å². The number of carbonyl (C=O) groups excluding carboxylic acids is 1. The zero-order valence-corrected chi connectivity index (χ0v) is 15.1. The summed E-state index contributed by atoms with van der Waals surface area (Å²) in [6.45, 7) is 3.55. The molecule has 0 saturated heterocycles. The molecular formula is C20H25N5O. The minimum Gasteiger partial charge on any atom is -0.370 e. The van der Waals surface area contributed by atoms with Crippen LogP contribution in [0.3, 0.4) is 0 Å². The summed E-state index contributed by atoms with van der Waals surface area (Å²) in [5.41, 5.74) is 2.80. The molecule has 1 aromatic carbocycles. The maximum atomic E-state index is 12.1. The number of amides is 1. The Balaban J connectivity index is 1.53. The largest absolute Gasteiger partial charge is 0.370 e. The van der Waals surface area contributed by atoms with Gasteiger partial charge in [-0.15, -0.1) is 0 Å². The molecule has 3 N–H and O–H groups in total. The average Bonchev–Trinajstić information content (AvgIpc) is 3.09. The second kappa shape index (κ2) is 8.99. The summed E-state index contributed by atoms with van der Waals surface area (Å²) in [5.74, 6) is 0.515. The van der Waals surface area contributed by atoms with Gasteiger partial charge in [-0.2, -0.15) is 0 Å². The van der Waals surface area contributed by atoms with Gasteiger partial charge >= 0.3 is 0 Å². The van der Waals surface area contributed by atoms with Crippen molar-refractivity contribution in [1.82, 2.24) is 20.3 Å². The molecule has 0 fully saturated rings. The lowest BCUT2D eigenvalue weighted by molar-refractivity contribution is 0.0948. The Morgan fingerprint density at radius 3 is 2.92 bits per heavy atom. The lowest BCUT2D eigenvalue weighted by Crippen LogP contribution is -2.25. The molecule has 0 unspecified atom stereocenters. The van der Waals surface area contributed by atoms with E-state index in [1.54, 1.807) is 6.07 Å². The highest BCUT2D eigenvalue weighted by Gasteiger charge is 2.08. The molecule has 0 spiro atoms. The van der Waals surface area contributed by atoms with Crippen LogP contribution in [0, 0.1) is 0 Å². The average molecular weight is 351 g/mol. The zero-order valence-electron chi connectivity index (χ0n) is 15.1. The SMILES string of the molecule is CCCCCNC(=O)c1cc(NCCc2c[nH]c3ccccc23)ncn1. The van der Waals surface area contributed by atoms with Gasteiger partial charge in [0.1, 0.15) is 17.8 Å². The van der Waals surface area contributed by atoms with Crippen molar-refractivity contribution in [2.45, 2.75) is 32.6 Å². The molecule has 0 saturated carbocycles. The Labute approximate surface area is 153 Å². The highest BCUT2D eigenvalue weighted by atomic mass is 16.1.